The molecule has 0 spiro atoms. The van der Waals surface area contributed by atoms with Crippen molar-refractivity contribution in [1.82, 2.24) is 9.38 Å². The highest BCUT2D eigenvalue weighted by Gasteiger charge is 2.23. The molecule has 0 N–H and O–H groups in total. The zero-order chi connectivity index (χ0) is 16.8. The van der Waals surface area contributed by atoms with E-state index in [2.05, 4.69) is 4.98 Å². The Hall–Kier alpha value is -2.28. The first kappa shape index (κ1) is 15.3. The molecule has 0 aliphatic carbocycles. The molecular weight excluding hydrogens is 332 g/mol. The number of fused-ring (bicyclic) bond motifs is 2. The van der Waals surface area contributed by atoms with Crippen LogP contribution in [-0.2, 0) is 13.0 Å². The lowest BCUT2D eigenvalue weighted by atomic mass is 10.0. The number of halogens is 2. The predicted molar refractivity (Wildman–Crippen MR) is 89.8 cm³/mol. The normalized spacial score (nSPS) is 14.2. The SMILES string of the molecule is Cc1csc2nc(CN3CCCc4cc(F)cc(F)c43)cc(=O)n12. The second kappa shape index (κ2) is 5.66. The molecule has 2 aromatic heterocycles. The summed E-state index contributed by atoms with van der Waals surface area (Å²) >= 11 is 1.40. The van der Waals surface area contributed by atoms with Crippen molar-refractivity contribution in [3.8, 4) is 0 Å². The van der Waals surface area contributed by atoms with E-state index in [0.717, 1.165) is 18.2 Å². The number of anilines is 1. The Bertz CT molecular complexity index is 995. The summed E-state index contributed by atoms with van der Waals surface area (Å²) in [6, 6.07) is 3.78. The molecule has 124 valence electrons. The highest BCUT2D eigenvalue weighted by atomic mass is 32.1. The number of rotatable bonds is 2. The van der Waals surface area contributed by atoms with Crippen molar-refractivity contribution in [2.24, 2.45) is 0 Å². The van der Waals surface area contributed by atoms with Crippen molar-refractivity contribution >= 4 is 22.0 Å². The van der Waals surface area contributed by atoms with Crippen molar-refractivity contribution in [3.05, 3.63) is 62.5 Å². The lowest BCUT2D eigenvalue weighted by molar-refractivity contribution is 0.561. The maximum atomic E-state index is 14.3. The minimum Gasteiger partial charge on any atom is -0.363 e. The van der Waals surface area contributed by atoms with Gasteiger partial charge in [-0.05, 0) is 31.4 Å². The van der Waals surface area contributed by atoms with Crippen molar-refractivity contribution < 1.29 is 8.78 Å². The molecule has 1 aromatic carbocycles. The minimum absolute atomic E-state index is 0.134. The first-order chi connectivity index (χ1) is 11.5. The molecule has 0 saturated carbocycles. The highest BCUT2D eigenvalue weighted by molar-refractivity contribution is 7.15. The van der Waals surface area contributed by atoms with Gasteiger partial charge in [0.05, 0.1) is 17.9 Å². The van der Waals surface area contributed by atoms with Gasteiger partial charge < -0.3 is 4.90 Å². The Morgan fingerprint density at radius 2 is 2.12 bits per heavy atom. The van der Waals surface area contributed by atoms with Crippen LogP contribution in [-0.4, -0.2) is 15.9 Å². The molecule has 0 saturated heterocycles. The van der Waals surface area contributed by atoms with E-state index in [-0.39, 0.29) is 5.56 Å². The van der Waals surface area contributed by atoms with Gasteiger partial charge in [0.15, 0.2) is 4.96 Å². The van der Waals surface area contributed by atoms with Gasteiger partial charge in [0.1, 0.15) is 11.6 Å². The van der Waals surface area contributed by atoms with Crippen molar-refractivity contribution in [3.63, 3.8) is 0 Å². The van der Waals surface area contributed by atoms with E-state index in [4.69, 9.17) is 0 Å². The maximum absolute atomic E-state index is 14.3. The van der Waals surface area contributed by atoms with Gasteiger partial charge in [0.25, 0.3) is 5.56 Å². The summed E-state index contributed by atoms with van der Waals surface area (Å²) in [4.78, 5) is 19.3. The Morgan fingerprint density at radius 1 is 1.29 bits per heavy atom. The Balaban J connectivity index is 1.74. The summed E-state index contributed by atoms with van der Waals surface area (Å²) < 4.78 is 29.2. The van der Waals surface area contributed by atoms with E-state index < -0.39 is 11.6 Å². The number of aromatic nitrogens is 2. The number of nitrogens with zero attached hydrogens (tertiary/aromatic N) is 3. The van der Waals surface area contributed by atoms with E-state index in [1.807, 2.05) is 17.2 Å². The third-order valence-corrected chi connectivity index (χ3v) is 5.22. The largest absolute Gasteiger partial charge is 0.363 e. The van der Waals surface area contributed by atoms with Crippen molar-refractivity contribution in [2.45, 2.75) is 26.3 Å². The van der Waals surface area contributed by atoms with Gasteiger partial charge in [-0.2, -0.15) is 0 Å². The maximum Gasteiger partial charge on any atom is 0.259 e. The molecule has 4 nitrogen and oxygen atoms in total. The van der Waals surface area contributed by atoms with Crippen LogP contribution in [0.2, 0.25) is 0 Å². The summed E-state index contributed by atoms with van der Waals surface area (Å²) in [7, 11) is 0. The molecule has 24 heavy (non-hydrogen) atoms. The molecule has 0 unspecified atom stereocenters. The summed E-state index contributed by atoms with van der Waals surface area (Å²) in [5.74, 6) is -1.12. The number of thiazole rings is 1. The van der Waals surface area contributed by atoms with E-state index >= 15 is 0 Å². The molecule has 0 bridgehead atoms. The third kappa shape index (κ3) is 2.49. The first-order valence-electron chi connectivity index (χ1n) is 7.72. The van der Waals surface area contributed by atoms with E-state index in [1.165, 1.54) is 23.5 Å². The van der Waals surface area contributed by atoms with E-state index in [0.29, 0.717) is 41.4 Å². The smallest absolute Gasteiger partial charge is 0.259 e. The van der Waals surface area contributed by atoms with Crippen LogP contribution in [0.4, 0.5) is 14.5 Å². The Morgan fingerprint density at radius 3 is 2.96 bits per heavy atom. The molecule has 4 rings (SSSR count). The van der Waals surface area contributed by atoms with Gasteiger partial charge in [-0.25, -0.2) is 13.8 Å². The molecule has 0 atom stereocenters. The topological polar surface area (TPSA) is 37.6 Å². The van der Waals surface area contributed by atoms with Gasteiger partial charge in [-0.1, -0.05) is 0 Å². The van der Waals surface area contributed by atoms with Gasteiger partial charge in [0.2, 0.25) is 0 Å². The fraction of sp³-hybridized carbons (Fsp3) is 0.294. The van der Waals surface area contributed by atoms with Crippen molar-refractivity contribution in [2.75, 3.05) is 11.4 Å². The average Bonchev–Trinajstić information content (AvgIpc) is 2.88. The third-order valence-electron chi connectivity index (χ3n) is 4.28. The van der Waals surface area contributed by atoms with Crippen LogP contribution in [0, 0.1) is 18.6 Å². The average molecular weight is 347 g/mol. The summed E-state index contributed by atoms with van der Waals surface area (Å²) in [6.07, 6.45) is 1.47. The second-order valence-electron chi connectivity index (χ2n) is 6.00. The molecule has 0 radical (unpaired) electrons. The fourth-order valence-electron chi connectivity index (χ4n) is 3.27. The quantitative estimate of drug-likeness (QED) is 0.714. The van der Waals surface area contributed by atoms with E-state index in [9.17, 15) is 13.6 Å². The van der Waals surface area contributed by atoms with Gasteiger partial charge in [0, 0.05) is 29.8 Å². The van der Waals surface area contributed by atoms with E-state index in [1.54, 1.807) is 4.40 Å². The molecule has 0 amide bonds. The molecular formula is C17H15F2N3OS. The van der Waals surface area contributed by atoms with Crippen LogP contribution in [0.1, 0.15) is 23.4 Å². The number of aryl methyl sites for hydroxylation is 2. The lowest BCUT2D eigenvalue weighted by Gasteiger charge is -2.31. The molecule has 7 heteroatoms. The highest BCUT2D eigenvalue weighted by Crippen LogP contribution is 2.31. The second-order valence-corrected chi connectivity index (χ2v) is 6.84. The van der Waals surface area contributed by atoms with Crippen molar-refractivity contribution in [1.29, 1.82) is 0 Å². The summed E-state index contributed by atoms with van der Waals surface area (Å²) in [6.45, 7) is 2.84. The van der Waals surface area contributed by atoms with Crippen LogP contribution >= 0.6 is 11.3 Å². The Kier molecular flexibility index (Phi) is 3.60. The minimum atomic E-state index is -0.561. The van der Waals surface area contributed by atoms with Crippen LogP contribution in [0.3, 0.4) is 0 Å². The van der Waals surface area contributed by atoms with Crippen LogP contribution in [0.25, 0.3) is 4.96 Å². The lowest BCUT2D eigenvalue weighted by Crippen LogP contribution is -2.31. The zero-order valence-corrected chi connectivity index (χ0v) is 13.9. The van der Waals surface area contributed by atoms with Gasteiger partial charge in [-0.15, -0.1) is 11.3 Å². The number of benzene rings is 1. The molecule has 3 aromatic rings. The fourth-order valence-corrected chi connectivity index (χ4v) is 4.16. The molecule has 1 aliphatic heterocycles. The van der Waals surface area contributed by atoms with Crippen LogP contribution < -0.4 is 10.5 Å². The van der Waals surface area contributed by atoms with Gasteiger partial charge in [-0.3, -0.25) is 9.20 Å². The predicted octanol–water partition coefficient (Wildman–Crippen LogP) is 3.30. The van der Waals surface area contributed by atoms with Crippen LogP contribution in [0.15, 0.2) is 28.4 Å². The van der Waals surface area contributed by atoms with Crippen LogP contribution in [0.5, 0.6) is 0 Å². The number of hydrogen-bond acceptors (Lipinski definition) is 4. The zero-order valence-electron chi connectivity index (χ0n) is 13.1. The molecule has 1 aliphatic rings. The summed E-state index contributed by atoms with van der Waals surface area (Å²) in [5, 5.41) is 1.88. The molecule has 0 fully saturated rings. The van der Waals surface area contributed by atoms with Gasteiger partial charge >= 0.3 is 0 Å². The summed E-state index contributed by atoms with van der Waals surface area (Å²) in [5.41, 5.74) is 2.41. The Labute approximate surface area is 141 Å². The molecule has 3 heterocycles. The monoisotopic (exact) mass is 347 g/mol. The first-order valence-corrected chi connectivity index (χ1v) is 8.60. The standard InChI is InChI=1S/C17H15F2N3OS/c1-10-9-24-17-20-13(7-15(23)22(10)17)8-21-4-2-3-11-5-12(18)6-14(19)16(11)21/h5-7,9H,2-4,8H2,1H3. The number of hydrogen-bond donors (Lipinski definition) is 0.